The van der Waals surface area contributed by atoms with E-state index < -0.39 is 0 Å². The number of phenolic OH excluding ortho intramolecular Hbond substituents is 1. The van der Waals surface area contributed by atoms with Crippen LogP contribution in [0, 0.1) is 20.8 Å². The van der Waals surface area contributed by atoms with Crippen molar-refractivity contribution in [1.29, 1.82) is 0 Å². The van der Waals surface area contributed by atoms with E-state index in [9.17, 15) is 9.90 Å². The maximum Gasteiger partial charge on any atom is 0.225 e. The van der Waals surface area contributed by atoms with E-state index in [1.165, 1.54) is 0 Å². The van der Waals surface area contributed by atoms with Crippen LogP contribution in [-0.4, -0.2) is 40.2 Å². The summed E-state index contributed by atoms with van der Waals surface area (Å²) >= 11 is 0. The number of nitrogens with two attached hydrogens (primary N) is 1. The van der Waals surface area contributed by atoms with E-state index in [2.05, 4.69) is 15.4 Å². The zero-order valence-corrected chi connectivity index (χ0v) is 23.4. The highest BCUT2D eigenvalue weighted by Gasteiger charge is 2.37. The number of hydrogen-bond acceptors (Lipinski definition) is 7. The molecular formula is C33H34N4O4. The topological polar surface area (TPSA) is 118 Å². The Morgan fingerprint density at radius 1 is 1.07 bits per heavy atom. The molecule has 6 rings (SSSR count). The number of aromatic hydroxyl groups is 1. The van der Waals surface area contributed by atoms with Crippen molar-refractivity contribution < 1.29 is 18.8 Å². The van der Waals surface area contributed by atoms with Crippen LogP contribution in [0.15, 0.2) is 81.7 Å². The number of nitrogens with zero attached hydrogens (tertiary/aromatic N) is 2. The average molecular weight is 551 g/mol. The molecular weight excluding hydrogens is 516 g/mol. The molecule has 1 saturated heterocycles. The van der Waals surface area contributed by atoms with Crippen LogP contribution in [0.4, 0.5) is 0 Å². The van der Waals surface area contributed by atoms with Gasteiger partial charge >= 0.3 is 0 Å². The average Bonchev–Trinajstić information content (AvgIpc) is 3.50. The van der Waals surface area contributed by atoms with Gasteiger partial charge in [0.2, 0.25) is 5.91 Å². The number of furan rings is 1. The summed E-state index contributed by atoms with van der Waals surface area (Å²) in [5.41, 5.74) is 12.4. The summed E-state index contributed by atoms with van der Waals surface area (Å²) in [5.74, 6) is 1.67. The molecule has 1 fully saturated rings. The molecule has 0 spiro atoms. The summed E-state index contributed by atoms with van der Waals surface area (Å²) in [6.45, 7) is 7.33. The van der Waals surface area contributed by atoms with Gasteiger partial charge in [-0.3, -0.25) is 9.69 Å². The standard InChI is InChI=1S/C33H34N4O4/c1-19-13-26(38)10-11-27(19)32(23-7-5-4-6-8-23)35-30(39)15-22-9-12-28-24(14-22)16-29(40-28)33(37-17-25(34)18-37)31-20(2)36-41-21(31)3/h4-14,16,25,32-33,38H,15,17-18,34H2,1-3H3,(H,35,39). The zero-order chi connectivity index (χ0) is 28.7. The van der Waals surface area contributed by atoms with Gasteiger partial charge in [0.1, 0.15) is 22.9 Å². The molecule has 2 unspecified atom stereocenters. The molecule has 1 amide bonds. The number of phenols is 1. The maximum atomic E-state index is 13.4. The number of nitrogens with one attached hydrogen (secondary N) is 1. The van der Waals surface area contributed by atoms with Gasteiger partial charge in [0.25, 0.3) is 0 Å². The lowest BCUT2D eigenvalue weighted by atomic mass is 9.94. The number of aryl methyl sites for hydroxylation is 3. The van der Waals surface area contributed by atoms with Crippen molar-refractivity contribution in [3.05, 3.63) is 118 Å². The number of hydrogen-bond donors (Lipinski definition) is 3. The van der Waals surface area contributed by atoms with Crippen molar-refractivity contribution in [2.45, 2.75) is 45.3 Å². The van der Waals surface area contributed by atoms with E-state index in [-0.39, 0.29) is 36.2 Å². The highest BCUT2D eigenvalue weighted by molar-refractivity contribution is 5.83. The Morgan fingerprint density at radius 2 is 1.85 bits per heavy atom. The Hall–Kier alpha value is -4.40. The lowest BCUT2D eigenvalue weighted by Crippen LogP contribution is -2.56. The van der Waals surface area contributed by atoms with Gasteiger partial charge < -0.3 is 25.1 Å². The van der Waals surface area contributed by atoms with E-state index in [1.807, 2.05) is 81.4 Å². The second-order valence-electron chi connectivity index (χ2n) is 11.0. The van der Waals surface area contributed by atoms with Crippen LogP contribution in [0.25, 0.3) is 11.0 Å². The van der Waals surface area contributed by atoms with Gasteiger partial charge in [-0.15, -0.1) is 0 Å². The molecule has 8 heteroatoms. The molecule has 3 aromatic carbocycles. The van der Waals surface area contributed by atoms with Crippen LogP contribution >= 0.6 is 0 Å². The molecule has 0 saturated carbocycles. The van der Waals surface area contributed by atoms with Gasteiger partial charge in [-0.1, -0.05) is 47.6 Å². The predicted molar refractivity (Wildman–Crippen MR) is 157 cm³/mol. The molecule has 3 heterocycles. The Balaban J connectivity index is 1.26. The normalized spacial score (nSPS) is 15.5. The molecule has 4 N–H and O–H groups in total. The van der Waals surface area contributed by atoms with Crippen LogP contribution < -0.4 is 11.1 Å². The smallest absolute Gasteiger partial charge is 0.225 e. The number of rotatable bonds is 8. The van der Waals surface area contributed by atoms with Gasteiger partial charge in [-0.05, 0) is 73.4 Å². The van der Waals surface area contributed by atoms with Crippen molar-refractivity contribution in [2.75, 3.05) is 13.1 Å². The monoisotopic (exact) mass is 550 g/mol. The lowest BCUT2D eigenvalue weighted by molar-refractivity contribution is -0.120. The maximum absolute atomic E-state index is 13.4. The van der Waals surface area contributed by atoms with Crippen molar-refractivity contribution in [2.24, 2.45) is 5.73 Å². The Kier molecular flexibility index (Phi) is 7.11. The van der Waals surface area contributed by atoms with E-state index in [0.29, 0.717) is 0 Å². The quantitative estimate of drug-likeness (QED) is 0.242. The first-order chi connectivity index (χ1) is 19.8. The van der Waals surface area contributed by atoms with Crippen LogP contribution in [0.2, 0.25) is 0 Å². The predicted octanol–water partition coefficient (Wildman–Crippen LogP) is 5.23. The SMILES string of the molecule is Cc1cc(O)ccc1C(NC(=O)Cc1ccc2oc(C(c3c(C)noc3C)N3CC(N)C3)cc2c1)c1ccccc1. The van der Waals surface area contributed by atoms with Crippen molar-refractivity contribution >= 4 is 16.9 Å². The van der Waals surface area contributed by atoms with E-state index in [1.54, 1.807) is 12.1 Å². The molecule has 2 aromatic heterocycles. The molecule has 1 aliphatic heterocycles. The minimum absolute atomic E-state index is 0.0995. The molecule has 0 radical (unpaired) electrons. The Labute approximate surface area is 238 Å². The highest BCUT2D eigenvalue weighted by atomic mass is 16.5. The molecule has 0 aliphatic carbocycles. The molecule has 2 atom stereocenters. The van der Waals surface area contributed by atoms with E-state index in [0.717, 1.165) is 69.1 Å². The fraction of sp³-hybridized carbons (Fsp3) is 0.273. The molecule has 5 aromatic rings. The molecule has 0 bridgehead atoms. The van der Waals surface area contributed by atoms with Gasteiger partial charge in [0.05, 0.1) is 24.2 Å². The summed E-state index contributed by atoms with van der Waals surface area (Å²) in [7, 11) is 0. The number of carbonyl (C=O) groups excluding carboxylic acids is 1. The highest BCUT2D eigenvalue weighted by Crippen LogP contribution is 2.38. The largest absolute Gasteiger partial charge is 0.508 e. The fourth-order valence-corrected chi connectivity index (χ4v) is 5.87. The zero-order valence-electron chi connectivity index (χ0n) is 23.4. The second kappa shape index (κ2) is 10.9. The van der Waals surface area contributed by atoms with E-state index in [4.69, 9.17) is 14.7 Å². The number of amides is 1. The number of carbonyl (C=O) groups is 1. The summed E-state index contributed by atoms with van der Waals surface area (Å²) in [6, 6.07) is 22.7. The first kappa shape index (κ1) is 26.8. The first-order valence-corrected chi connectivity index (χ1v) is 13.9. The molecule has 8 nitrogen and oxygen atoms in total. The first-order valence-electron chi connectivity index (χ1n) is 13.9. The van der Waals surface area contributed by atoms with Gasteiger partial charge in [0.15, 0.2) is 0 Å². The number of fused-ring (bicyclic) bond motifs is 1. The minimum Gasteiger partial charge on any atom is -0.508 e. The third-order valence-corrected chi connectivity index (χ3v) is 7.90. The van der Waals surface area contributed by atoms with E-state index >= 15 is 0 Å². The van der Waals surface area contributed by atoms with Crippen molar-refractivity contribution in [3.8, 4) is 5.75 Å². The van der Waals surface area contributed by atoms with Crippen LogP contribution in [0.5, 0.6) is 5.75 Å². The Bertz CT molecular complexity index is 1680. The third kappa shape index (κ3) is 5.36. The summed E-state index contributed by atoms with van der Waals surface area (Å²) < 4.78 is 11.8. The lowest BCUT2D eigenvalue weighted by Gasteiger charge is -2.41. The number of benzene rings is 3. The minimum atomic E-state index is -0.340. The van der Waals surface area contributed by atoms with Crippen LogP contribution in [0.1, 0.15) is 57.1 Å². The van der Waals surface area contributed by atoms with Gasteiger partial charge in [-0.2, -0.15) is 0 Å². The fourth-order valence-electron chi connectivity index (χ4n) is 5.87. The van der Waals surface area contributed by atoms with Crippen LogP contribution in [-0.2, 0) is 11.2 Å². The second-order valence-corrected chi connectivity index (χ2v) is 11.0. The number of aromatic nitrogens is 1. The summed E-state index contributed by atoms with van der Waals surface area (Å²) in [5, 5.41) is 18.2. The Morgan fingerprint density at radius 3 is 2.54 bits per heavy atom. The number of likely N-dealkylation sites (tertiary alicyclic amines) is 1. The van der Waals surface area contributed by atoms with Gasteiger partial charge in [0, 0.05) is 30.1 Å². The third-order valence-electron chi connectivity index (χ3n) is 7.90. The summed E-state index contributed by atoms with van der Waals surface area (Å²) in [6.07, 6.45) is 0.213. The van der Waals surface area contributed by atoms with Crippen LogP contribution in [0.3, 0.4) is 0 Å². The van der Waals surface area contributed by atoms with Gasteiger partial charge in [-0.25, -0.2) is 0 Å². The summed E-state index contributed by atoms with van der Waals surface area (Å²) in [4.78, 5) is 15.7. The molecule has 210 valence electrons. The van der Waals surface area contributed by atoms with Crippen molar-refractivity contribution in [3.63, 3.8) is 0 Å². The molecule has 41 heavy (non-hydrogen) atoms. The molecule has 1 aliphatic rings. The van der Waals surface area contributed by atoms with Crippen molar-refractivity contribution in [1.82, 2.24) is 15.4 Å².